The molecule has 0 saturated carbocycles. The molecule has 0 bridgehead atoms. The van der Waals surface area contributed by atoms with Crippen molar-refractivity contribution in [3.05, 3.63) is 0 Å². The van der Waals surface area contributed by atoms with E-state index in [-0.39, 0.29) is 4.95 Å². The zero-order valence-corrected chi connectivity index (χ0v) is 5.51. The van der Waals surface area contributed by atoms with Gasteiger partial charge in [0.15, 0.2) is 0 Å². The highest BCUT2D eigenvalue weighted by atomic mass is 79.9. The first-order valence-corrected chi connectivity index (χ1v) is 2.93. The van der Waals surface area contributed by atoms with Gasteiger partial charge >= 0.3 is 0 Å². The molecule has 0 amide bonds. The molecule has 0 aliphatic carbocycles. The summed E-state index contributed by atoms with van der Waals surface area (Å²) in [4.78, 5) is 8.03. The number of hydrogen-bond acceptors (Lipinski definition) is 2. The van der Waals surface area contributed by atoms with Crippen LogP contribution in [-0.4, -0.2) is 17.0 Å². The van der Waals surface area contributed by atoms with Crippen LogP contribution in [0, 0.1) is 0 Å². The summed E-state index contributed by atoms with van der Waals surface area (Å²) in [5.41, 5.74) is 0. The number of rotatable bonds is 0. The molecule has 2 nitrogen and oxygen atoms in total. The maximum atomic E-state index is 4.00. The molecule has 0 spiro atoms. The Morgan fingerprint density at radius 2 is 2.57 bits per heavy atom. The Morgan fingerprint density at radius 1 is 1.86 bits per heavy atom. The molecule has 0 fully saturated rings. The molecule has 1 rings (SSSR count). The highest BCUT2D eigenvalue weighted by Gasteiger charge is 2.01. The van der Waals surface area contributed by atoms with Crippen molar-refractivity contribution in [2.75, 3.05) is 0 Å². The molecule has 38 valence electrons. The van der Waals surface area contributed by atoms with E-state index in [2.05, 4.69) is 25.9 Å². The van der Waals surface area contributed by atoms with Gasteiger partial charge in [-0.2, -0.15) is 0 Å². The van der Waals surface area contributed by atoms with Crippen molar-refractivity contribution >= 4 is 28.0 Å². The normalized spacial score (nSPS) is 28.3. The molecule has 1 aliphatic rings. The van der Waals surface area contributed by atoms with Gasteiger partial charge in [0.05, 0.1) is 0 Å². The Hall–Kier alpha value is -0.180. The van der Waals surface area contributed by atoms with Gasteiger partial charge in [-0.1, -0.05) is 15.9 Å². The van der Waals surface area contributed by atoms with Crippen LogP contribution in [0.2, 0.25) is 0 Å². The maximum Gasteiger partial charge on any atom is 0.142 e. The van der Waals surface area contributed by atoms with E-state index < -0.39 is 0 Å². The first-order chi connectivity index (χ1) is 3.29. The molecule has 0 radical (unpaired) electrons. The Kier molecular flexibility index (Phi) is 1.23. The summed E-state index contributed by atoms with van der Waals surface area (Å²) in [7, 11) is 0. The number of alkyl halides is 1. The second kappa shape index (κ2) is 1.74. The second-order valence-electron chi connectivity index (χ2n) is 1.33. The number of nitrogens with zero attached hydrogens (tertiary/aromatic N) is 2. The third-order valence-electron chi connectivity index (χ3n) is 0.695. The fourth-order valence-electron chi connectivity index (χ4n) is 0.415. The smallest absolute Gasteiger partial charge is 0.142 e. The molecule has 1 atom stereocenters. The minimum Gasteiger partial charge on any atom is -0.250 e. The van der Waals surface area contributed by atoms with E-state index in [1.807, 2.05) is 6.92 Å². The Labute approximate surface area is 50.5 Å². The fraction of sp³-hybridized carbons (Fsp3) is 0.500. The largest absolute Gasteiger partial charge is 0.250 e. The maximum absolute atomic E-state index is 4.00. The molecule has 0 N–H and O–H groups in total. The Bertz CT molecular complexity index is 128. The third kappa shape index (κ3) is 1.09. The summed E-state index contributed by atoms with van der Waals surface area (Å²) in [6.45, 7) is 1.87. The van der Waals surface area contributed by atoms with Crippen LogP contribution in [0.1, 0.15) is 6.92 Å². The minimum atomic E-state index is 0.132. The van der Waals surface area contributed by atoms with E-state index in [0.29, 0.717) is 0 Å². The van der Waals surface area contributed by atoms with E-state index in [9.17, 15) is 0 Å². The lowest BCUT2D eigenvalue weighted by Gasteiger charge is -1.81. The predicted molar refractivity (Wildman–Crippen MR) is 34.3 cm³/mol. The third-order valence-corrected chi connectivity index (χ3v) is 1.14. The van der Waals surface area contributed by atoms with Gasteiger partial charge in [0.2, 0.25) is 0 Å². The molecule has 0 aromatic rings. The molecular weight excluding hydrogens is 156 g/mol. The van der Waals surface area contributed by atoms with Crippen LogP contribution in [0.3, 0.4) is 0 Å². The number of hydrogen-bond donors (Lipinski definition) is 0. The number of amidine groups is 1. The van der Waals surface area contributed by atoms with E-state index in [1.165, 1.54) is 0 Å². The molecule has 0 aromatic carbocycles. The quantitative estimate of drug-likeness (QED) is 0.376. The first kappa shape index (κ1) is 4.97. The summed E-state index contributed by atoms with van der Waals surface area (Å²) in [6, 6.07) is 0. The Balaban J connectivity index is 2.69. The summed E-state index contributed by atoms with van der Waals surface area (Å²) in [6.07, 6.45) is 1.76. The lowest BCUT2D eigenvalue weighted by atomic mass is 10.7. The summed E-state index contributed by atoms with van der Waals surface area (Å²) >= 11 is 3.24. The van der Waals surface area contributed by atoms with E-state index in [1.54, 1.807) is 6.21 Å². The zero-order chi connectivity index (χ0) is 5.28. The minimum absolute atomic E-state index is 0.132. The molecule has 1 aliphatic heterocycles. The summed E-state index contributed by atoms with van der Waals surface area (Å²) in [5, 5.41) is 0. The van der Waals surface area contributed by atoms with Gasteiger partial charge in [0.1, 0.15) is 10.8 Å². The first-order valence-electron chi connectivity index (χ1n) is 2.02. The monoisotopic (exact) mass is 160 g/mol. The van der Waals surface area contributed by atoms with Crippen LogP contribution < -0.4 is 0 Å². The molecular formula is C4H5BrN2. The van der Waals surface area contributed by atoms with Crippen LogP contribution in [0.4, 0.5) is 0 Å². The topological polar surface area (TPSA) is 24.7 Å². The molecule has 0 saturated heterocycles. The summed E-state index contributed by atoms with van der Waals surface area (Å²) in [5.74, 6) is 0.849. The van der Waals surface area contributed by atoms with Crippen molar-refractivity contribution in [3.63, 3.8) is 0 Å². The summed E-state index contributed by atoms with van der Waals surface area (Å²) < 4.78 is 0. The lowest BCUT2D eigenvalue weighted by Crippen LogP contribution is -1.85. The number of halogens is 1. The van der Waals surface area contributed by atoms with E-state index in [0.717, 1.165) is 5.84 Å². The van der Waals surface area contributed by atoms with E-state index >= 15 is 0 Å². The van der Waals surface area contributed by atoms with Gasteiger partial charge in [0.25, 0.3) is 0 Å². The average Bonchev–Trinajstić information content (AvgIpc) is 1.87. The molecule has 1 heterocycles. The SMILES string of the molecule is CC1=N[C@@H](Br)C=N1. The number of aliphatic imine (C=N–C) groups is 2. The van der Waals surface area contributed by atoms with Crippen molar-refractivity contribution in [1.29, 1.82) is 0 Å². The highest BCUT2D eigenvalue weighted by Crippen LogP contribution is 2.04. The second-order valence-corrected chi connectivity index (χ2v) is 2.27. The predicted octanol–water partition coefficient (Wildman–Crippen LogP) is 1.21. The van der Waals surface area contributed by atoms with Gasteiger partial charge < -0.3 is 0 Å². The van der Waals surface area contributed by atoms with Gasteiger partial charge in [-0.3, -0.25) is 4.99 Å². The molecule has 7 heavy (non-hydrogen) atoms. The van der Waals surface area contributed by atoms with Crippen molar-refractivity contribution in [3.8, 4) is 0 Å². The Morgan fingerprint density at radius 3 is 2.71 bits per heavy atom. The molecule has 3 heteroatoms. The van der Waals surface area contributed by atoms with E-state index in [4.69, 9.17) is 0 Å². The fourth-order valence-corrected chi connectivity index (χ4v) is 0.829. The van der Waals surface area contributed by atoms with Gasteiger partial charge in [-0.25, -0.2) is 4.99 Å². The van der Waals surface area contributed by atoms with Crippen LogP contribution in [0.25, 0.3) is 0 Å². The zero-order valence-electron chi connectivity index (χ0n) is 3.93. The van der Waals surface area contributed by atoms with Crippen molar-refractivity contribution < 1.29 is 0 Å². The van der Waals surface area contributed by atoms with Gasteiger partial charge in [0, 0.05) is 6.21 Å². The molecule has 0 unspecified atom stereocenters. The van der Waals surface area contributed by atoms with Crippen LogP contribution in [0.5, 0.6) is 0 Å². The van der Waals surface area contributed by atoms with Crippen molar-refractivity contribution in [2.45, 2.75) is 11.9 Å². The van der Waals surface area contributed by atoms with Crippen LogP contribution in [0.15, 0.2) is 9.98 Å². The average molecular weight is 161 g/mol. The van der Waals surface area contributed by atoms with Crippen molar-refractivity contribution in [1.82, 2.24) is 0 Å². The van der Waals surface area contributed by atoms with Gasteiger partial charge in [-0.15, -0.1) is 0 Å². The highest BCUT2D eigenvalue weighted by molar-refractivity contribution is 9.09. The van der Waals surface area contributed by atoms with Crippen LogP contribution in [-0.2, 0) is 0 Å². The standard InChI is InChI=1S/C4H5BrN2/c1-3-6-2-4(5)7-3/h2,4H,1H3/t4-/m1/s1. The van der Waals surface area contributed by atoms with Crippen molar-refractivity contribution in [2.24, 2.45) is 9.98 Å². The van der Waals surface area contributed by atoms with Crippen LogP contribution >= 0.6 is 15.9 Å². The lowest BCUT2D eigenvalue weighted by molar-refractivity contribution is 1.29. The molecule has 0 aromatic heterocycles. The van der Waals surface area contributed by atoms with Gasteiger partial charge in [-0.05, 0) is 6.92 Å².